The van der Waals surface area contributed by atoms with Gasteiger partial charge in [-0.05, 0) is 31.9 Å². The topological polar surface area (TPSA) is 58.4 Å². The molecule has 0 amide bonds. The highest BCUT2D eigenvalue weighted by Gasteiger charge is 2.41. The molecule has 1 spiro atoms. The van der Waals surface area contributed by atoms with E-state index in [0.717, 1.165) is 37.2 Å². The molecule has 0 unspecified atom stereocenters. The standard InChI is InChI=1S/C16H21N3O2/c1-12-9-13(11-17)10-15(18-12)19(2)14-3-5-16(6-4-14)20-7-8-21-16/h9-10,14H,3-8H2,1-2H3. The van der Waals surface area contributed by atoms with Gasteiger partial charge in [-0.25, -0.2) is 4.98 Å². The Bertz CT molecular complexity index is 551. The minimum absolute atomic E-state index is 0.324. The van der Waals surface area contributed by atoms with Crippen LogP contribution >= 0.6 is 0 Å². The molecule has 5 nitrogen and oxygen atoms in total. The van der Waals surface area contributed by atoms with Gasteiger partial charge in [0.15, 0.2) is 5.79 Å². The summed E-state index contributed by atoms with van der Waals surface area (Å²) < 4.78 is 11.5. The molecule has 0 aromatic carbocycles. The maximum Gasteiger partial charge on any atom is 0.168 e. The van der Waals surface area contributed by atoms with Crippen molar-refractivity contribution >= 4 is 5.82 Å². The highest BCUT2D eigenvalue weighted by molar-refractivity contribution is 5.46. The van der Waals surface area contributed by atoms with E-state index in [1.807, 2.05) is 19.1 Å². The zero-order valence-electron chi connectivity index (χ0n) is 12.6. The molecule has 21 heavy (non-hydrogen) atoms. The second kappa shape index (κ2) is 5.63. The molecular formula is C16H21N3O2. The van der Waals surface area contributed by atoms with Gasteiger partial charge in [0, 0.05) is 31.6 Å². The molecule has 2 heterocycles. The molecule has 1 aliphatic carbocycles. The van der Waals surface area contributed by atoms with Gasteiger partial charge in [0.1, 0.15) is 5.82 Å². The maximum atomic E-state index is 9.09. The molecule has 1 aliphatic heterocycles. The first-order valence-corrected chi connectivity index (χ1v) is 7.51. The van der Waals surface area contributed by atoms with E-state index >= 15 is 0 Å². The van der Waals surface area contributed by atoms with Crippen LogP contribution in [-0.2, 0) is 9.47 Å². The summed E-state index contributed by atoms with van der Waals surface area (Å²) in [7, 11) is 2.06. The summed E-state index contributed by atoms with van der Waals surface area (Å²) in [6.07, 6.45) is 3.90. The average molecular weight is 287 g/mol. The number of anilines is 1. The van der Waals surface area contributed by atoms with E-state index in [4.69, 9.17) is 14.7 Å². The first kappa shape index (κ1) is 14.3. The summed E-state index contributed by atoms with van der Waals surface area (Å²) in [5, 5.41) is 9.09. The Kier molecular flexibility index (Phi) is 3.83. The Balaban J connectivity index is 1.70. The lowest BCUT2D eigenvalue weighted by molar-refractivity contribution is -0.178. The van der Waals surface area contributed by atoms with E-state index in [0.29, 0.717) is 24.8 Å². The van der Waals surface area contributed by atoms with Crippen LogP contribution in [0.25, 0.3) is 0 Å². The van der Waals surface area contributed by atoms with Crippen LogP contribution in [0, 0.1) is 18.3 Å². The molecule has 1 aromatic rings. The van der Waals surface area contributed by atoms with Crippen molar-refractivity contribution in [1.82, 2.24) is 4.98 Å². The summed E-state index contributed by atoms with van der Waals surface area (Å²) in [4.78, 5) is 6.75. The molecule has 0 N–H and O–H groups in total. The van der Waals surface area contributed by atoms with Crippen LogP contribution in [0.3, 0.4) is 0 Å². The SMILES string of the molecule is Cc1cc(C#N)cc(N(C)C2CCC3(CC2)OCCO3)n1. The fourth-order valence-corrected chi connectivity index (χ4v) is 3.30. The third-order valence-corrected chi connectivity index (χ3v) is 4.51. The molecule has 2 fully saturated rings. The number of hydrogen-bond acceptors (Lipinski definition) is 5. The second-order valence-corrected chi connectivity index (χ2v) is 5.92. The molecule has 5 heteroatoms. The van der Waals surface area contributed by atoms with Crippen LogP contribution in [0.4, 0.5) is 5.82 Å². The van der Waals surface area contributed by atoms with E-state index in [1.165, 1.54) is 0 Å². The third kappa shape index (κ3) is 2.87. The molecular weight excluding hydrogens is 266 g/mol. The van der Waals surface area contributed by atoms with Gasteiger partial charge in [-0.2, -0.15) is 5.26 Å². The van der Waals surface area contributed by atoms with E-state index in [9.17, 15) is 0 Å². The van der Waals surface area contributed by atoms with E-state index in [-0.39, 0.29) is 5.79 Å². The maximum absolute atomic E-state index is 9.09. The Hall–Kier alpha value is -1.64. The lowest BCUT2D eigenvalue weighted by Crippen LogP contribution is -2.43. The normalized spacial score (nSPS) is 21.4. The summed E-state index contributed by atoms with van der Waals surface area (Å²) in [5.74, 6) is 0.551. The third-order valence-electron chi connectivity index (χ3n) is 4.51. The number of rotatable bonds is 2. The quantitative estimate of drug-likeness (QED) is 0.836. The summed E-state index contributed by atoms with van der Waals surface area (Å²) in [5.41, 5.74) is 1.55. The van der Waals surface area contributed by atoms with Gasteiger partial charge in [0.25, 0.3) is 0 Å². The second-order valence-electron chi connectivity index (χ2n) is 5.92. The molecule has 3 rings (SSSR count). The van der Waals surface area contributed by atoms with Crippen molar-refractivity contribution in [3.8, 4) is 6.07 Å². The van der Waals surface area contributed by atoms with Crippen molar-refractivity contribution in [2.24, 2.45) is 0 Å². The Morgan fingerprint density at radius 1 is 1.29 bits per heavy atom. The molecule has 2 aliphatic rings. The number of nitrogens with zero attached hydrogens (tertiary/aromatic N) is 3. The molecule has 112 valence electrons. The number of nitriles is 1. The van der Waals surface area contributed by atoms with Crippen LogP contribution in [0.2, 0.25) is 0 Å². The smallest absolute Gasteiger partial charge is 0.168 e. The summed E-state index contributed by atoms with van der Waals surface area (Å²) >= 11 is 0. The van der Waals surface area contributed by atoms with Crippen molar-refractivity contribution in [2.75, 3.05) is 25.2 Å². The van der Waals surface area contributed by atoms with Crippen molar-refractivity contribution in [1.29, 1.82) is 5.26 Å². The fraction of sp³-hybridized carbons (Fsp3) is 0.625. The molecule has 0 atom stereocenters. The lowest BCUT2D eigenvalue weighted by Gasteiger charge is -2.39. The van der Waals surface area contributed by atoms with Gasteiger partial charge in [0.05, 0.1) is 24.8 Å². The molecule has 0 bridgehead atoms. The Morgan fingerprint density at radius 2 is 1.95 bits per heavy atom. The van der Waals surface area contributed by atoms with Crippen LogP contribution in [0.5, 0.6) is 0 Å². The largest absolute Gasteiger partial charge is 0.357 e. The highest BCUT2D eigenvalue weighted by Crippen LogP contribution is 2.37. The fourth-order valence-electron chi connectivity index (χ4n) is 3.30. The number of ether oxygens (including phenoxy) is 2. The van der Waals surface area contributed by atoms with Crippen LogP contribution in [0.15, 0.2) is 12.1 Å². The number of aromatic nitrogens is 1. The van der Waals surface area contributed by atoms with Crippen molar-refractivity contribution in [3.05, 3.63) is 23.4 Å². The number of hydrogen-bond donors (Lipinski definition) is 0. The molecule has 0 radical (unpaired) electrons. The van der Waals surface area contributed by atoms with Crippen molar-refractivity contribution < 1.29 is 9.47 Å². The molecule has 1 saturated heterocycles. The van der Waals surface area contributed by atoms with E-state index in [1.54, 1.807) is 0 Å². The van der Waals surface area contributed by atoms with Gasteiger partial charge in [0.2, 0.25) is 0 Å². The highest BCUT2D eigenvalue weighted by atomic mass is 16.7. The Labute approximate surface area is 125 Å². The van der Waals surface area contributed by atoms with Gasteiger partial charge in [-0.1, -0.05) is 0 Å². The summed E-state index contributed by atoms with van der Waals surface area (Å²) in [6.45, 7) is 3.35. The first-order chi connectivity index (χ1) is 10.1. The predicted octanol–water partition coefficient (Wildman–Crippen LogP) is 2.38. The van der Waals surface area contributed by atoms with Crippen LogP contribution in [0.1, 0.15) is 36.9 Å². The zero-order chi connectivity index (χ0) is 14.9. The molecule has 1 saturated carbocycles. The van der Waals surface area contributed by atoms with Crippen molar-refractivity contribution in [3.63, 3.8) is 0 Å². The monoisotopic (exact) mass is 287 g/mol. The van der Waals surface area contributed by atoms with E-state index in [2.05, 4.69) is 23.0 Å². The van der Waals surface area contributed by atoms with Gasteiger partial charge in [-0.15, -0.1) is 0 Å². The predicted molar refractivity (Wildman–Crippen MR) is 79.0 cm³/mol. The first-order valence-electron chi connectivity index (χ1n) is 7.51. The van der Waals surface area contributed by atoms with Crippen LogP contribution in [-0.4, -0.2) is 37.1 Å². The minimum Gasteiger partial charge on any atom is -0.357 e. The lowest BCUT2D eigenvalue weighted by atomic mass is 9.89. The molecule has 1 aromatic heterocycles. The minimum atomic E-state index is -0.324. The summed E-state index contributed by atoms with van der Waals surface area (Å²) in [6, 6.07) is 6.29. The van der Waals surface area contributed by atoms with Crippen LogP contribution < -0.4 is 4.90 Å². The van der Waals surface area contributed by atoms with Gasteiger partial charge < -0.3 is 14.4 Å². The van der Waals surface area contributed by atoms with Gasteiger partial charge >= 0.3 is 0 Å². The zero-order valence-corrected chi connectivity index (χ0v) is 12.6. The van der Waals surface area contributed by atoms with E-state index < -0.39 is 0 Å². The average Bonchev–Trinajstić information content (AvgIpc) is 2.95. The number of pyridine rings is 1. The van der Waals surface area contributed by atoms with Crippen molar-refractivity contribution in [2.45, 2.75) is 44.4 Å². The van der Waals surface area contributed by atoms with Gasteiger partial charge in [-0.3, -0.25) is 0 Å². The Morgan fingerprint density at radius 3 is 2.57 bits per heavy atom. The number of aryl methyl sites for hydroxylation is 1.